The first-order chi connectivity index (χ1) is 13.2. The van der Waals surface area contributed by atoms with Gasteiger partial charge < -0.3 is 10.2 Å². The predicted molar refractivity (Wildman–Crippen MR) is 111 cm³/mol. The highest BCUT2D eigenvalue weighted by Gasteiger charge is 2.36. The lowest BCUT2D eigenvalue weighted by Crippen LogP contribution is -2.40. The van der Waals surface area contributed by atoms with E-state index in [-0.39, 0.29) is 35.6 Å². The Hall–Kier alpha value is -2.44. The molecule has 0 atom stereocenters. The van der Waals surface area contributed by atoms with Crippen LogP contribution < -0.4 is 5.32 Å². The van der Waals surface area contributed by atoms with Gasteiger partial charge in [-0.25, -0.2) is 0 Å². The van der Waals surface area contributed by atoms with Crippen molar-refractivity contribution in [2.24, 2.45) is 0 Å². The number of carbonyl (C=O) groups is 3. The van der Waals surface area contributed by atoms with Gasteiger partial charge in [0.05, 0.1) is 4.88 Å². The van der Waals surface area contributed by atoms with Crippen LogP contribution in [0.4, 0.5) is 0 Å². The molecule has 2 aromatic rings. The van der Waals surface area contributed by atoms with E-state index in [2.05, 4.69) is 5.32 Å². The third-order valence-corrected chi connectivity index (χ3v) is 5.87. The number of thiophene rings is 1. The van der Waals surface area contributed by atoms with Crippen molar-refractivity contribution < 1.29 is 14.4 Å². The largest absolute Gasteiger partial charge is 0.367 e. The Morgan fingerprint density at radius 1 is 0.893 bits per heavy atom. The molecule has 0 spiro atoms. The molecule has 1 fully saturated rings. The molecule has 1 aliphatic heterocycles. The van der Waals surface area contributed by atoms with E-state index in [1.807, 2.05) is 10.3 Å². The lowest BCUT2D eigenvalue weighted by Gasteiger charge is -2.30. The monoisotopic (exact) mass is 416 g/mol. The zero-order chi connectivity index (χ0) is 18.8. The Morgan fingerprint density at radius 3 is 2.14 bits per heavy atom. The first-order valence-corrected chi connectivity index (χ1v) is 10.1. The van der Waals surface area contributed by atoms with E-state index in [1.165, 1.54) is 11.3 Å². The van der Waals surface area contributed by atoms with E-state index in [4.69, 9.17) is 0 Å². The molecule has 5 nitrogen and oxygen atoms in total. The zero-order valence-corrected chi connectivity index (χ0v) is 16.9. The molecular weight excluding hydrogens is 396 g/mol. The number of Topliss-reactive ketones (excluding diaryl/α,β-unsaturated/α-hetero) is 2. The number of halogens is 1. The van der Waals surface area contributed by atoms with E-state index in [9.17, 15) is 14.4 Å². The molecule has 7 heteroatoms. The number of hydrogen-bond donors (Lipinski definition) is 1. The fourth-order valence-corrected chi connectivity index (χ4v) is 4.28. The summed E-state index contributed by atoms with van der Waals surface area (Å²) >= 11 is 1.30. The Balaban J connectivity index is 0.00000225. The van der Waals surface area contributed by atoms with Crippen LogP contribution in [0, 0.1) is 0 Å². The number of amides is 1. The molecule has 1 aromatic heterocycles. The average molecular weight is 417 g/mol. The van der Waals surface area contributed by atoms with Crippen LogP contribution in [0.15, 0.2) is 53.2 Å². The minimum absolute atomic E-state index is 0. The first kappa shape index (κ1) is 20.3. The SMILES string of the molecule is Cl.O=C(NC1=C(N2CCCCCC2)C(=O)c2ccccc2C1=O)c1cccs1. The second-order valence-electron chi connectivity index (χ2n) is 6.76. The van der Waals surface area contributed by atoms with E-state index in [0.717, 1.165) is 38.8 Å². The van der Waals surface area contributed by atoms with Crippen LogP contribution in [-0.2, 0) is 0 Å². The van der Waals surface area contributed by atoms with Crippen LogP contribution in [0.3, 0.4) is 0 Å². The van der Waals surface area contributed by atoms with Gasteiger partial charge >= 0.3 is 0 Å². The minimum Gasteiger partial charge on any atom is -0.367 e. The first-order valence-electron chi connectivity index (χ1n) is 9.19. The molecule has 1 saturated heterocycles. The topological polar surface area (TPSA) is 66.5 Å². The molecule has 4 rings (SSSR count). The molecule has 2 aliphatic rings. The van der Waals surface area contributed by atoms with Gasteiger partial charge in [-0.1, -0.05) is 43.2 Å². The molecule has 28 heavy (non-hydrogen) atoms. The van der Waals surface area contributed by atoms with Gasteiger partial charge in [0.1, 0.15) is 11.4 Å². The summed E-state index contributed by atoms with van der Waals surface area (Å²) in [5.74, 6) is -0.837. The highest BCUT2D eigenvalue weighted by atomic mass is 35.5. The third-order valence-electron chi connectivity index (χ3n) is 5.00. The van der Waals surface area contributed by atoms with Crippen LogP contribution in [-0.4, -0.2) is 35.5 Å². The molecule has 0 unspecified atom stereocenters. The number of hydrogen-bond acceptors (Lipinski definition) is 5. The van der Waals surface area contributed by atoms with Gasteiger partial charge in [0.15, 0.2) is 0 Å². The second kappa shape index (κ2) is 8.71. The van der Waals surface area contributed by atoms with Gasteiger partial charge in [0.25, 0.3) is 5.91 Å². The highest BCUT2D eigenvalue weighted by Crippen LogP contribution is 2.29. The fraction of sp³-hybridized carbons (Fsp3) is 0.286. The van der Waals surface area contributed by atoms with E-state index >= 15 is 0 Å². The van der Waals surface area contributed by atoms with Crippen LogP contribution in [0.2, 0.25) is 0 Å². The highest BCUT2D eigenvalue weighted by molar-refractivity contribution is 7.12. The molecule has 2 heterocycles. The molecule has 0 bridgehead atoms. The standard InChI is InChI=1S/C21H20N2O3S.ClH/c24-19-14-8-3-4-9-15(14)20(25)18(23-11-5-1-2-6-12-23)17(19)22-21(26)16-10-7-13-27-16;/h3-4,7-10,13H,1-2,5-6,11-12H2,(H,22,26);1H. The number of nitrogens with zero attached hydrogens (tertiary/aromatic N) is 1. The van der Waals surface area contributed by atoms with Crippen LogP contribution >= 0.6 is 23.7 Å². The summed E-state index contributed by atoms with van der Waals surface area (Å²) in [5, 5.41) is 4.56. The van der Waals surface area contributed by atoms with Gasteiger partial charge in [-0.3, -0.25) is 14.4 Å². The Morgan fingerprint density at radius 2 is 1.54 bits per heavy atom. The number of allylic oxidation sites excluding steroid dienone is 2. The molecular formula is C21H21ClN2O3S. The van der Waals surface area contributed by atoms with Crippen molar-refractivity contribution in [1.29, 1.82) is 0 Å². The molecule has 1 aromatic carbocycles. The number of nitrogens with one attached hydrogen (secondary N) is 1. The number of ketones is 2. The van der Waals surface area contributed by atoms with Crippen molar-refractivity contribution in [3.63, 3.8) is 0 Å². The van der Waals surface area contributed by atoms with Crippen molar-refractivity contribution >= 4 is 41.2 Å². The maximum absolute atomic E-state index is 13.3. The smallest absolute Gasteiger partial charge is 0.265 e. The summed E-state index contributed by atoms with van der Waals surface area (Å²) in [5.41, 5.74) is 1.21. The van der Waals surface area contributed by atoms with Gasteiger partial charge in [-0.05, 0) is 24.3 Å². The van der Waals surface area contributed by atoms with Crippen molar-refractivity contribution in [1.82, 2.24) is 10.2 Å². The van der Waals surface area contributed by atoms with Crippen molar-refractivity contribution in [2.45, 2.75) is 25.7 Å². The van der Waals surface area contributed by atoms with E-state index in [0.29, 0.717) is 21.7 Å². The van der Waals surface area contributed by atoms with E-state index < -0.39 is 0 Å². The van der Waals surface area contributed by atoms with Gasteiger partial charge in [0.2, 0.25) is 11.6 Å². The zero-order valence-electron chi connectivity index (χ0n) is 15.3. The van der Waals surface area contributed by atoms with Gasteiger partial charge in [0, 0.05) is 24.2 Å². The molecule has 0 saturated carbocycles. The van der Waals surface area contributed by atoms with Crippen molar-refractivity contribution in [3.8, 4) is 0 Å². The fourth-order valence-electron chi connectivity index (χ4n) is 3.66. The van der Waals surface area contributed by atoms with Crippen LogP contribution in [0.5, 0.6) is 0 Å². The third kappa shape index (κ3) is 3.75. The second-order valence-corrected chi connectivity index (χ2v) is 7.71. The minimum atomic E-state index is -0.354. The summed E-state index contributed by atoms with van der Waals surface area (Å²) in [6.07, 6.45) is 4.16. The molecule has 1 amide bonds. The number of rotatable bonds is 3. The lowest BCUT2D eigenvalue weighted by atomic mass is 9.89. The summed E-state index contributed by atoms with van der Waals surface area (Å²) in [6, 6.07) is 10.3. The Labute approximate surface area is 173 Å². The maximum Gasteiger partial charge on any atom is 0.265 e. The average Bonchev–Trinajstić information content (AvgIpc) is 3.10. The summed E-state index contributed by atoms with van der Waals surface area (Å²) < 4.78 is 0. The van der Waals surface area contributed by atoms with Gasteiger partial charge in [-0.2, -0.15) is 0 Å². The number of fused-ring (bicyclic) bond motifs is 1. The summed E-state index contributed by atoms with van der Waals surface area (Å²) in [7, 11) is 0. The Kier molecular flexibility index (Phi) is 6.31. The summed E-state index contributed by atoms with van der Waals surface area (Å²) in [6.45, 7) is 1.43. The number of carbonyl (C=O) groups excluding carboxylic acids is 3. The number of likely N-dealkylation sites (tertiary alicyclic amines) is 1. The normalized spacial score (nSPS) is 16.9. The van der Waals surface area contributed by atoms with Crippen LogP contribution in [0.1, 0.15) is 56.1 Å². The molecule has 146 valence electrons. The molecule has 1 aliphatic carbocycles. The van der Waals surface area contributed by atoms with Crippen molar-refractivity contribution in [2.75, 3.05) is 13.1 Å². The van der Waals surface area contributed by atoms with Crippen molar-refractivity contribution in [3.05, 3.63) is 69.2 Å². The van der Waals surface area contributed by atoms with Gasteiger partial charge in [-0.15, -0.1) is 23.7 Å². The lowest BCUT2D eigenvalue weighted by molar-refractivity contribution is 0.0904. The number of benzene rings is 1. The van der Waals surface area contributed by atoms with E-state index in [1.54, 1.807) is 36.4 Å². The van der Waals surface area contributed by atoms with Crippen LogP contribution in [0.25, 0.3) is 0 Å². The predicted octanol–water partition coefficient (Wildman–Crippen LogP) is 4.07. The Bertz CT molecular complexity index is 929. The maximum atomic E-state index is 13.3. The summed E-state index contributed by atoms with van der Waals surface area (Å²) in [4.78, 5) is 41.5. The quantitative estimate of drug-likeness (QED) is 0.819. The molecule has 0 radical (unpaired) electrons. The molecule has 1 N–H and O–H groups in total.